The summed E-state index contributed by atoms with van der Waals surface area (Å²) in [7, 11) is 0. The molecular weight excluding hydrogens is 306 g/mol. The third-order valence-electron chi connectivity index (χ3n) is 4.40. The Bertz CT molecular complexity index is 394. The van der Waals surface area contributed by atoms with E-state index in [0.29, 0.717) is 0 Å². The van der Waals surface area contributed by atoms with Gasteiger partial charge in [0.1, 0.15) is 6.10 Å². The molecule has 4 heteroatoms. The molecule has 3 nitrogen and oxygen atoms in total. The molecule has 1 aromatic rings. The molecule has 0 bridgehead atoms. The zero-order valence-electron chi connectivity index (χ0n) is 14.7. The average molecular weight is 342 g/mol. The van der Waals surface area contributed by atoms with Gasteiger partial charge >= 0.3 is 0 Å². The van der Waals surface area contributed by atoms with Gasteiger partial charge in [-0.2, -0.15) is 0 Å². The first-order chi connectivity index (χ1) is 11.2. The SMILES string of the molecule is CCCCCCCCCCCCc1csc(C(O)C(N)CO)c1. The van der Waals surface area contributed by atoms with E-state index < -0.39 is 12.1 Å². The van der Waals surface area contributed by atoms with Gasteiger partial charge in [-0.05, 0) is 29.9 Å². The van der Waals surface area contributed by atoms with Crippen LogP contribution in [0.2, 0.25) is 0 Å². The number of aryl methyl sites for hydroxylation is 1. The van der Waals surface area contributed by atoms with Crippen molar-refractivity contribution in [1.82, 2.24) is 0 Å². The summed E-state index contributed by atoms with van der Waals surface area (Å²) in [6.45, 7) is 2.07. The Morgan fingerprint density at radius 3 is 2.13 bits per heavy atom. The van der Waals surface area contributed by atoms with Crippen molar-refractivity contribution in [2.45, 2.75) is 89.7 Å². The molecule has 134 valence electrons. The van der Waals surface area contributed by atoms with Crippen molar-refractivity contribution in [1.29, 1.82) is 0 Å². The molecular formula is C19H35NO2S. The van der Waals surface area contributed by atoms with E-state index in [1.54, 1.807) is 11.3 Å². The van der Waals surface area contributed by atoms with Crippen LogP contribution in [0.4, 0.5) is 0 Å². The maximum Gasteiger partial charge on any atom is 0.105 e. The lowest BCUT2D eigenvalue weighted by Crippen LogP contribution is -2.31. The second kappa shape index (κ2) is 12.9. The fraction of sp³-hybridized carbons (Fsp3) is 0.789. The van der Waals surface area contributed by atoms with E-state index in [-0.39, 0.29) is 6.61 Å². The predicted molar refractivity (Wildman–Crippen MR) is 99.9 cm³/mol. The highest BCUT2D eigenvalue weighted by Crippen LogP contribution is 2.25. The first kappa shape index (κ1) is 20.6. The third kappa shape index (κ3) is 8.85. The predicted octanol–water partition coefficient (Wildman–Crippen LogP) is 4.56. The van der Waals surface area contributed by atoms with Crippen molar-refractivity contribution in [2.75, 3.05) is 6.61 Å². The smallest absolute Gasteiger partial charge is 0.105 e. The molecule has 0 aliphatic rings. The van der Waals surface area contributed by atoms with Gasteiger partial charge in [-0.15, -0.1) is 11.3 Å². The molecule has 23 heavy (non-hydrogen) atoms. The van der Waals surface area contributed by atoms with Gasteiger partial charge in [0.15, 0.2) is 0 Å². The highest BCUT2D eigenvalue weighted by molar-refractivity contribution is 7.10. The molecule has 1 heterocycles. The fourth-order valence-electron chi connectivity index (χ4n) is 2.81. The quantitative estimate of drug-likeness (QED) is 0.434. The van der Waals surface area contributed by atoms with E-state index >= 15 is 0 Å². The van der Waals surface area contributed by atoms with Crippen LogP contribution in [0.3, 0.4) is 0 Å². The summed E-state index contributed by atoms with van der Waals surface area (Å²) in [4.78, 5) is 0.869. The van der Waals surface area contributed by atoms with Gasteiger partial charge in [0, 0.05) is 4.88 Å². The maximum atomic E-state index is 9.97. The number of hydrogen-bond donors (Lipinski definition) is 3. The van der Waals surface area contributed by atoms with Crippen LogP contribution in [0, 0.1) is 0 Å². The Kier molecular flexibility index (Phi) is 11.6. The number of unbranched alkanes of at least 4 members (excludes halogenated alkanes) is 9. The fourth-order valence-corrected chi connectivity index (χ4v) is 3.82. The van der Waals surface area contributed by atoms with Gasteiger partial charge in [0.25, 0.3) is 0 Å². The lowest BCUT2D eigenvalue weighted by Gasteiger charge is -2.14. The summed E-state index contributed by atoms with van der Waals surface area (Å²) in [5, 5.41) is 21.1. The minimum atomic E-state index is -0.744. The Balaban J connectivity index is 2.05. The van der Waals surface area contributed by atoms with Crippen LogP contribution < -0.4 is 5.73 Å². The van der Waals surface area contributed by atoms with Gasteiger partial charge in [0.05, 0.1) is 12.6 Å². The number of hydrogen-bond acceptors (Lipinski definition) is 4. The van der Waals surface area contributed by atoms with E-state index in [1.807, 2.05) is 6.07 Å². The van der Waals surface area contributed by atoms with Crippen LogP contribution in [0.25, 0.3) is 0 Å². The summed E-state index contributed by atoms with van der Waals surface area (Å²) in [5.74, 6) is 0. The van der Waals surface area contributed by atoms with E-state index in [1.165, 1.54) is 69.8 Å². The van der Waals surface area contributed by atoms with Crippen LogP contribution in [-0.2, 0) is 6.42 Å². The van der Waals surface area contributed by atoms with Crippen molar-refractivity contribution in [3.05, 3.63) is 21.9 Å². The van der Waals surface area contributed by atoms with Crippen LogP contribution in [0.5, 0.6) is 0 Å². The van der Waals surface area contributed by atoms with E-state index in [9.17, 15) is 5.11 Å². The number of thiophene rings is 1. The number of aliphatic hydroxyl groups is 2. The zero-order chi connectivity index (χ0) is 16.9. The third-order valence-corrected chi connectivity index (χ3v) is 5.45. The summed E-state index contributed by atoms with van der Waals surface area (Å²) in [6.07, 6.45) is 13.9. The molecule has 0 aliphatic heterocycles. The van der Waals surface area contributed by atoms with Crippen molar-refractivity contribution >= 4 is 11.3 Å². The van der Waals surface area contributed by atoms with Crippen LogP contribution in [-0.4, -0.2) is 22.9 Å². The molecule has 0 saturated heterocycles. The lowest BCUT2D eigenvalue weighted by molar-refractivity contribution is 0.112. The van der Waals surface area contributed by atoms with Crippen LogP contribution in [0.15, 0.2) is 11.4 Å². The second-order valence-corrected chi connectivity index (χ2v) is 7.52. The monoisotopic (exact) mass is 341 g/mol. The van der Waals surface area contributed by atoms with Crippen molar-refractivity contribution in [3.63, 3.8) is 0 Å². The largest absolute Gasteiger partial charge is 0.395 e. The van der Waals surface area contributed by atoms with E-state index in [2.05, 4.69) is 12.3 Å². The van der Waals surface area contributed by atoms with Crippen LogP contribution in [0.1, 0.15) is 87.7 Å². The molecule has 2 atom stereocenters. The first-order valence-corrected chi connectivity index (χ1v) is 10.2. The molecule has 1 aromatic heterocycles. The number of aliphatic hydroxyl groups excluding tert-OH is 2. The van der Waals surface area contributed by atoms with Gasteiger partial charge < -0.3 is 15.9 Å². The average Bonchev–Trinajstić information content (AvgIpc) is 3.04. The second-order valence-electron chi connectivity index (χ2n) is 6.58. The lowest BCUT2D eigenvalue weighted by atomic mass is 10.0. The Labute approximate surface area is 145 Å². The highest BCUT2D eigenvalue weighted by atomic mass is 32.1. The topological polar surface area (TPSA) is 66.5 Å². The maximum absolute atomic E-state index is 9.97. The first-order valence-electron chi connectivity index (χ1n) is 9.30. The van der Waals surface area contributed by atoms with Gasteiger partial charge in [-0.3, -0.25) is 0 Å². The van der Waals surface area contributed by atoms with Gasteiger partial charge in [0.2, 0.25) is 0 Å². The summed E-state index contributed by atoms with van der Waals surface area (Å²) < 4.78 is 0. The molecule has 0 spiro atoms. The summed E-state index contributed by atoms with van der Waals surface area (Å²) >= 11 is 1.54. The molecule has 0 fully saturated rings. The minimum Gasteiger partial charge on any atom is -0.395 e. The van der Waals surface area contributed by atoms with Crippen LogP contribution >= 0.6 is 11.3 Å². The molecule has 0 saturated carbocycles. The van der Waals surface area contributed by atoms with Gasteiger partial charge in [-0.1, -0.05) is 64.7 Å². The molecule has 0 amide bonds. The zero-order valence-corrected chi connectivity index (χ0v) is 15.5. The standard InChI is InChI=1S/C19H35NO2S/c1-2-3-4-5-6-7-8-9-10-11-12-16-13-18(23-15-16)19(22)17(20)14-21/h13,15,17,19,21-22H,2-12,14,20H2,1H3. The van der Waals surface area contributed by atoms with Crippen molar-refractivity contribution in [2.24, 2.45) is 5.73 Å². The molecule has 4 N–H and O–H groups in total. The van der Waals surface area contributed by atoms with Gasteiger partial charge in [-0.25, -0.2) is 0 Å². The van der Waals surface area contributed by atoms with Crippen molar-refractivity contribution in [3.8, 4) is 0 Å². The highest BCUT2D eigenvalue weighted by Gasteiger charge is 2.17. The number of rotatable bonds is 14. The minimum absolute atomic E-state index is 0.188. The number of nitrogens with two attached hydrogens (primary N) is 1. The Morgan fingerprint density at radius 2 is 1.57 bits per heavy atom. The van der Waals surface area contributed by atoms with E-state index in [4.69, 9.17) is 10.8 Å². The summed E-state index contributed by atoms with van der Waals surface area (Å²) in [6, 6.07) is 1.46. The van der Waals surface area contributed by atoms with E-state index in [0.717, 1.165) is 11.3 Å². The molecule has 0 radical (unpaired) electrons. The Morgan fingerprint density at radius 1 is 1.00 bits per heavy atom. The summed E-state index contributed by atoms with van der Waals surface area (Å²) in [5.41, 5.74) is 6.96. The van der Waals surface area contributed by atoms with Crippen molar-refractivity contribution < 1.29 is 10.2 Å². The molecule has 2 unspecified atom stereocenters. The Hall–Kier alpha value is -0.420. The normalized spacial score (nSPS) is 14.1. The molecule has 1 rings (SSSR count). The molecule has 0 aromatic carbocycles. The molecule has 0 aliphatic carbocycles.